The first-order valence-corrected chi connectivity index (χ1v) is 27.7. The third kappa shape index (κ3) is 11.8. The number of carbonyl (C=O) groups excluding carboxylic acids is 4. The zero-order valence-corrected chi connectivity index (χ0v) is 46.1. The van der Waals surface area contributed by atoms with Gasteiger partial charge in [0.25, 0.3) is 5.91 Å². The number of ether oxygens (including phenoxy) is 1. The molecule has 74 heavy (non-hydrogen) atoms. The van der Waals surface area contributed by atoms with Crippen molar-refractivity contribution in [3.8, 4) is 22.3 Å². The zero-order chi connectivity index (χ0) is 53.3. The van der Waals surface area contributed by atoms with E-state index >= 15 is 0 Å². The van der Waals surface area contributed by atoms with Crippen LogP contribution in [-0.4, -0.2) is 124 Å². The first kappa shape index (κ1) is 54.9. The van der Waals surface area contributed by atoms with Crippen molar-refractivity contribution in [1.82, 2.24) is 35.6 Å². The van der Waals surface area contributed by atoms with Crippen LogP contribution in [0.25, 0.3) is 10.4 Å². The number of hydrogen-bond acceptors (Lipinski definition) is 11. The number of unbranched alkanes of at least 4 members (excludes halogenated alkanes) is 1. The molecule has 4 N–H and O–H groups in total. The minimum atomic E-state index is -0.891. The molecule has 4 heterocycles. The zero-order valence-electron chi connectivity index (χ0n) is 44.5. The molecule has 0 spiro atoms. The molecule has 6 atom stereocenters. The SMILES string of the molecule is CC[C@H](NC(=O)[C@@H]1C[C@@H](O)CN1C(=O)C(NC(=O)CN1C2CCC1CN(CCCCc1ccc(C(=O)NC3C(C)(C)C(Oc4ccc(C#N)c(Cl)c4)C3(C)C)cc1)C2)C(C)(C)C)c1ccc(-c2scnc2C)cc1. The number of β-amino-alcohol motifs (C(OH)–C–C–N with tert-alkyl or cyclic N) is 1. The summed E-state index contributed by atoms with van der Waals surface area (Å²) in [4.78, 5) is 67.7. The van der Waals surface area contributed by atoms with Gasteiger partial charge >= 0.3 is 0 Å². The first-order valence-electron chi connectivity index (χ1n) is 26.4. The van der Waals surface area contributed by atoms with Crippen LogP contribution in [0.1, 0.15) is 133 Å². The second-order valence-corrected chi connectivity index (χ2v) is 24.7. The molecule has 4 amide bonds. The van der Waals surface area contributed by atoms with Crippen LogP contribution in [0.2, 0.25) is 5.02 Å². The van der Waals surface area contributed by atoms with Gasteiger partial charge in [0.1, 0.15) is 30.0 Å². The maximum absolute atomic E-state index is 14.5. The van der Waals surface area contributed by atoms with E-state index in [1.165, 1.54) is 10.5 Å². The number of benzene rings is 3. The largest absolute Gasteiger partial charge is 0.489 e. The Morgan fingerprint density at radius 1 is 0.946 bits per heavy atom. The van der Waals surface area contributed by atoms with Gasteiger partial charge in [-0.1, -0.05) is 103 Å². The fourth-order valence-electron chi connectivity index (χ4n) is 12.4. The van der Waals surface area contributed by atoms with Gasteiger partial charge in [-0.15, -0.1) is 11.3 Å². The van der Waals surface area contributed by atoms with Crippen molar-refractivity contribution in [2.75, 3.05) is 32.7 Å². The number of aryl methyl sites for hydroxylation is 2. The molecule has 0 radical (unpaired) electrons. The average molecular weight is 1050 g/mol. The van der Waals surface area contributed by atoms with Gasteiger partial charge in [-0.2, -0.15) is 5.26 Å². The van der Waals surface area contributed by atoms with Crippen molar-refractivity contribution in [3.63, 3.8) is 0 Å². The Morgan fingerprint density at radius 3 is 2.22 bits per heavy atom. The summed E-state index contributed by atoms with van der Waals surface area (Å²) in [5.41, 5.74) is 5.67. The quantitative estimate of drug-likeness (QED) is 0.0707. The molecule has 1 aromatic heterocycles. The van der Waals surface area contributed by atoms with E-state index < -0.39 is 23.6 Å². The topological polar surface area (TPSA) is 180 Å². The van der Waals surface area contributed by atoms with Crippen molar-refractivity contribution in [2.45, 2.75) is 156 Å². The lowest BCUT2D eigenvalue weighted by molar-refractivity contribution is -0.164. The number of nitriles is 1. The summed E-state index contributed by atoms with van der Waals surface area (Å²) in [5.74, 6) is -0.408. The number of piperazine rings is 1. The number of aliphatic hydroxyl groups is 1. The maximum atomic E-state index is 14.5. The van der Waals surface area contributed by atoms with E-state index in [2.05, 4.69) is 64.5 Å². The maximum Gasteiger partial charge on any atom is 0.251 e. The molecule has 396 valence electrons. The monoisotopic (exact) mass is 1050 g/mol. The second-order valence-electron chi connectivity index (χ2n) is 23.4. The van der Waals surface area contributed by atoms with E-state index in [1.807, 2.05) is 88.7 Å². The van der Waals surface area contributed by atoms with Crippen molar-refractivity contribution in [3.05, 3.63) is 105 Å². The third-order valence-electron chi connectivity index (χ3n) is 16.2. The number of nitrogens with zero attached hydrogens (tertiary/aromatic N) is 5. The van der Waals surface area contributed by atoms with E-state index in [9.17, 15) is 29.5 Å². The molecule has 14 nitrogen and oxygen atoms in total. The smallest absolute Gasteiger partial charge is 0.251 e. The molecule has 4 aromatic rings. The summed E-state index contributed by atoms with van der Waals surface area (Å²) in [5, 5.41) is 30.0. The van der Waals surface area contributed by atoms with Crippen LogP contribution < -0.4 is 20.7 Å². The van der Waals surface area contributed by atoms with Crippen LogP contribution in [0.15, 0.2) is 72.2 Å². The molecule has 1 aliphatic carbocycles. The molecule has 3 aromatic carbocycles. The van der Waals surface area contributed by atoms with Gasteiger partial charge in [0.15, 0.2) is 0 Å². The van der Waals surface area contributed by atoms with Crippen LogP contribution in [0.3, 0.4) is 0 Å². The summed E-state index contributed by atoms with van der Waals surface area (Å²) in [6.07, 6.45) is 4.72. The highest BCUT2D eigenvalue weighted by molar-refractivity contribution is 7.13. The average Bonchev–Trinajstić information content (AvgIpc) is 4.04. The number of likely N-dealkylation sites (tertiary alicyclic amines) is 2. The number of aromatic nitrogens is 1. The van der Waals surface area contributed by atoms with Gasteiger partial charge in [-0.25, -0.2) is 4.98 Å². The highest BCUT2D eigenvalue weighted by atomic mass is 35.5. The van der Waals surface area contributed by atoms with E-state index in [4.69, 9.17) is 16.3 Å². The fourth-order valence-corrected chi connectivity index (χ4v) is 13.5. The molecule has 4 fully saturated rings. The van der Waals surface area contributed by atoms with Gasteiger partial charge in [-0.3, -0.25) is 24.1 Å². The fraction of sp³-hybridized carbons (Fsp3) is 0.552. The molecule has 3 aliphatic heterocycles. The molecular formula is C58H75ClN8O6S. The van der Waals surface area contributed by atoms with Gasteiger partial charge in [0, 0.05) is 66.6 Å². The normalized spacial score (nSPS) is 24.1. The predicted octanol–water partition coefficient (Wildman–Crippen LogP) is 8.49. The molecule has 2 bridgehead atoms. The van der Waals surface area contributed by atoms with Crippen molar-refractivity contribution in [1.29, 1.82) is 5.26 Å². The van der Waals surface area contributed by atoms with Crippen LogP contribution in [0.5, 0.6) is 5.75 Å². The van der Waals surface area contributed by atoms with Crippen LogP contribution in [-0.2, 0) is 20.8 Å². The Hall–Kier alpha value is -5.37. The molecule has 1 saturated carbocycles. The lowest BCUT2D eigenvalue weighted by atomic mass is 9.49. The Balaban J connectivity index is 0.779. The van der Waals surface area contributed by atoms with E-state index in [-0.39, 0.29) is 84.2 Å². The number of halogens is 1. The minimum absolute atomic E-state index is 0.0212. The van der Waals surface area contributed by atoms with Crippen molar-refractivity contribution >= 4 is 46.6 Å². The third-order valence-corrected chi connectivity index (χ3v) is 17.5. The van der Waals surface area contributed by atoms with Crippen LogP contribution in [0, 0.1) is 34.5 Å². The Kier molecular flexibility index (Phi) is 16.7. The summed E-state index contributed by atoms with van der Waals surface area (Å²) in [6, 6.07) is 21.5. The Bertz CT molecular complexity index is 2680. The molecule has 3 unspecified atom stereocenters. The number of aliphatic hydroxyl groups excluding tert-OH is 1. The van der Waals surface area contributed by atoms with Gasteiger partial charge in [0.2, 0.25) is 17.7 Å². The highest BCUT2D eigenvalue weighted by Crippen LogP contribution is 2.55. The molecule has 16 heteroatoms. The number of fused-ring (bicyclic) bond motifs is 2. The second kappa shape index (κ2) is 22.5. The Labute approximate surface area is 446 Å². The van der Waals surface area contributed by atoms with Crippen molar-refractivity contribution < 1.29 is 29.0 Å². The highest BCUT2D eigenvalue weighted by Gasteiger charge is 2.64. The molecular weight excluding hydrogens is 972 g/mol. The van der Waals surface area contributed by atoms with E-state index in [0.717, 1.165) is 73.4 Å². The number of thiazole rings is 1. The molecule has 3 saturated heterocycles. The summed E-state index contributed by atoms with van der Waals surface area (Å²) >= 11 is 7.87. The lowest BCUT2D eigenvalue weighted by Gasteiger charge is -2.63. The van der Waals surface area contributed by atoms with E-state index in [1.54, 1.807) is 29.5 Å². The van der Waals surface area contributed by atoms with Crippen LogP contribution in [0.4, 0.5) is 0 Å². The first-order chi connectivity index (χ1) is 35.1. The van der Waals surface area contributed by atoms with Crippen molar-refractivity contribution in [2.24, 2.45) is 16.2 Å². The van der Waals surface area contributed by atoms with Crippen LogP contribution >= 0.6 is 22.9 Å². The lowest BCUT2D eigenvalue weighted by Crippen LogP contribution is -2.74. The standard InChI is InChI=1S/C58H75ClN8O6S/c1-10-46(37-18-20-38(21-19-37)49-35(2)61-34-74-49)62-52(71)47-27-43(68)32-67(47)53(72)50(56(3,4)5)63-48(69)33-66-41-23-24-42(66)31-65(30-41)26-12-11-13-36-14-16-39(17-15-36)51(70)64-54-57(6,7)55(58(54,8)9)73-44-25-22-40(29-60)45(59)28-44/h14-22,25,28,34,41-43,46-47,50,54-55,68H,10-13,23-24,26-27,30-33H2,1-9H3,(H,62,71)(H,63,69)(H,64,70)/t41?,42?,43-,46+,47+,50?,54?,55?/m1/s1. The van der Waals surface area contributed by atoms with Gasteiger partial charge in [-0.05, 0) is 98.4 Å². The predicted molar refractivity (Wildman–Crippen MR) is 290 cm³/mol. The minimum Gasteiger partial charge on any atom is -0.489 e. The summed E-state index contributed by atoms with van der Waals surface area (Å²) in [7, 11) is 0. The van der Waals surface area contributed by atoms with Gasteiger partial charge < -0.3 is 35.6 Å². The Morgan fingerprint density at radius 2 is 1.62 bits per heavy atom. The number of nitrogens with one attached hydrogen (secondary N) is 3. The summed E-state index contributed by atoms with van der Waals surface area (Å²) < 4.78 is 6.40. The number of amides is 4. The summed E-state index contributed by atoms with van der Waals surface area (Å²) in [6.45, 7) is 21.1. The molecule has 8 rings (SSSR count). The number of rotatable bonds is 18. The number of carbonyl (C=O) groups is 4. The van der Waals surface area contributed by atoms with Gasteiger partial charge in [0.05, 0.1) is 45.4 Å². The van der Waals surface area contributed by atoms with E-state index in [0.29, 0.717) is 28.3 Å². The molecule has 4 aliphatic rings. The number of hydrogen-bond donors (Lipinski definition) is 4.